The van der Waals surface area contributed by atoms with E-state index in [0.29, 0.717) is 12.1 Å². The van der Waals surface area contributed by atoms with E-state index < -0.39 is 10.0 Å². The molecule has 3 rings (SSSR count). The van der Waals surface area contributed by atoms with Gasteiger partial charge in [0.25, 0.3) is 5.91 Å². The van der Waals surface area contributed by atoms with Crippen molar-refractivity contribution in [3.05, 3.63) is 51.2 Å². The Morgan fingerprint density at radius 1 is 1.29 bits per heavy atom. The fourth-order valence-electron chi connectivity index (χ4n) is 2.95. The van der Waals surface area contributed by atoms with Crippen LogP contribution in [0.4, 0.5) is 5.69 Å². The van der Waals surface area contributed by atoms with Crippen molar-refractivity contribution >= 4 is 33.0 Å². The zero-order valence-corrected chi connectivity index (χ0v) is 15.3. The number of hydrogen-bond donors (Lipinski definition) is 1. The standard InChI is InChI=1S/C17H20N2O3S2/c1-12-11-15(13(2)23-12)17(20)18-8-10-24(21,22)19-9-7-14-5-3-4-6-16(14)19/h3-6,11H,7-10H2,1-2H3,(H,18,20). The van der Waals surface area contributed by atoms with E-state index in [1.54, 1.807) is 11.3 Å². The van der Waals surface area contributed by atoms with Gasteiger partial charge in [0.05, 0.1) is 17.0 Å². The second-order valence-electron chi connectivity index (χ2n) is 5.85. The Labute approximate surface area is 146 Å². The largest absolute Gasteiger partial charge is 0.351 e. The summed E-state index contributed by atoms with van der Waals surface area (Å²) in [6, 6.07) is 9.38. The molecule has 5 nitrogen and oxygen atoms in total. The number of carbonyl (C=O) groups is 1. The van der Waals surface area contributed by atoms with Gasteiger partial charge in [-0.1, -0.05) is 18.2 Å². The van der Waals surface area contributed by atoms with E-state index in [0.717, 1.165) is 27.4 Å². The Hall–Kier alpha value is -1.86. The van der Waals surface area contributed by atoms with Gasteiger partial charge in [-0.2, -0.15) is 0 Å². The number of para-hydroxylation sites is 1. The summed E-state index contributed by atoms with van der Waals surface area (Å²) in [6.45, 7) is 4.42. The van der Waals surface area contributed by atoms with E-state index in [4.69, 9.17) is 0 Å². The molecule has 1 aromatic carbocycles. The smallest absolute Gasteiger partial charge is 0.252 e. The van der Waals surface area contributed by atoms with Crippen LogP contribution in [0, 0.1) is 13.8 Å². The molecule has 1 N–H and O–H groups in total. The van der Waals surface area contributed by atoms with E-state index >= 15 is 0 Å². The minimum absolute atomic E-state index is 0.102. The summed E-state index contributed by atoms with van der Waals surface area (Å²) in [5.74, 6) is -0.316. The minimum atomic E-state index is -3.43. The van der Waals surface area contributed by atoms with Crippen LogP contribution in [0.15, 0.2) is 30.3 Å². The molecular weight excluding hydrogens is 344 g/mol. The van der Waals surface area contributed by atoms with Gasteiger partial charge in [-0.05, 0) is 38.0 Å². The maximum atomic E-state index is 12.6. The van der Waals surface area contributed by atoms with Crippen LogP contribution in [0.1, 0.15) is 25.7 Å². The van der Waals surface area contributed by atoms with Crippen molar-refractivity contribution in [1.29, 1.82) is 0 Å². The maximum absolute atomic E-state index is 12.6. The van der Waals surface area contributed by atoms with Crippen molar-refractivity contribution in [3.63, 3.8) is 0 Å². The third-order valence-corrected chi connectivity index (χ3v) is 6.85. The molecule has 1 aromatic heterocycles. The number of nitrogens with zero attached hydrogens (tertiary/aromatic N) is 1. The summed E-state index contributed by atoms with van der Waals surface area (Å²) in [6.07, 6.45) is 0.731. The number of nitrogens with one attached hydrogen (secondary N) is 1. The Bertz CT molecular complexity index is 872. The molecule has 0 bridgehead atoms. The second kappa shape index (κ2) is 6.57. The van der Waals surface area contributed by atoms with Crippen molar-refractivity contribution in [3.8, 4) is 0 Å². The van der Waals surface area contributed by atoms with Crippen molar-refractivity contribution in [2.24, 2.45) is 0 Å². The molecule has 1 aliphatic heterocycles. The zero-order valence-electron chi connectivity index (χ0n) is 13.7. The first kappa shape index (κ1) is 17.0. The van der Waals surface area contributed by atoms with Crippen LogP contribution < -0.4 is 9.62 Å². The second-order valence-corrected chi connectivity index (χ2v) is 9.32. The van der Waals surface area contributed by atoms with Gasteiger partial charge in [0.1, 0.15) is 0 Å². The topological polar surface area (TPSA) is 66.5 Å². The monoisotopic (exact) mass is 364 g/mol. The number of anilines is 1. The van der Waals surface area contributed by atoms with Crippen LogP contribution in [0.2, 0.25) is 0 Å². The number of fused-ring (bicyclic) bond motifs is 1. The average Bonchev–Trinajstić information content (AvgIpc) is 3.10. The van der Waals surface area contributed by atoms with Crippen LogP contribution in [0.5, 0.6) is 0 Å². The van der Waals surface area contributed by atoms with Gasteiger partial charge in [0.2, 0.25) is 10.0 Å². The lowest BCUT2D eigenvalue weighted by molar-refractivity contribution is 0.0956. The molecule has 24 heavy (non-hydrogen) atoms. The molecular formula is C17H20N2O3S2. The van der Waals surface area contributed by atoms with Crippen LogP contribution in [-0.4, -0.2) is 33.2 Å². The molecule has 2 heterocycles. The van der Waals surface area contributed by atoms with Crippen LogP contribution in [0.3, 0.4) is 0 Å². The Morgan fingerprint density at radius 2 is 2.04 bits per heavy atom. The van der Waals surface area contributed by atoms with Gasteiger partial charge in [0.15, 0.2) is 0 Å². The van der Waals surface area contributed by atoms with Gasteiger partial charge in [-0.15, -0.1) is 11.3 Å². The molecule has 0 unspecified atom stereocenters. The lowest BCUT2D eigenvalue weighted by atomic mass is 10.2. The Kier molecular flexibility index (Phi) is 4.64. The third kappa shape index (κ3) is 3.32. The summed E-state index contributed by atoms with van der Waals surface area (Å²) >= 11 is 1.56. The van der Waals surface area contributed by atoms with E-state index in [1.807, 2.05) is 44.2 Å². The van der Waals surface area contributed by atoms with Gasteiger partial charge in [-0.3, -0.25) is 9.10 Å². The van der Waals surface area contributed by atoms with E-state index in [9.17, 15) is 13.2 Å². The summed E-state index contributed by atoms with van der Waals surface area (Å²) in [5, 5.41) is 2.72. The highest BCUT2D eigenvalue weighted by Crippen LogP contribution is 2.29. The van der Waals surface area contributed by atoms with Gasteiger partial charge in [0, 0.05) is 22.8 Å². The zero-order chi connectivity index (χ0) is 17.3. The molecule has 0 atom stereocenters. The average molecular weight is 364 g/mol. The van der Waals surface area contributed by atoms with Crippen molar-refractivity contribution in [1.82, 2.24) is 5.32 Å². The lowest BCUT2D eigenvalue weighted by Gasteiger charge is -2.19. The number of sulfonamides is 1. The first-order chi connectivity index (χ1) is 11.4. The predicted octanol–water partition coefficient (Wildman–Crippen LogP) is 2.49. The first-order valence-corrected chi connectivity index (χ1v) is 10.2. The molecule has 0 fully saturated rings. The van der Waals surface area contributed by atoms with Crippen molar-refractivity contribution < 1.29 is 13.2 Å². The van der Waals surface area contributed by atoms with Crippen molar-refractivity contribution in [2.75, 3.05) is 23.1 Å². The van der Waals surface area contributed by atoms with E-state index in [2.05, 4.69) is 5.32 Å². The molecule has 2 aromatic rings. The Balaban J connectivity index is 1.62. The number of carbonyl (C=O) groups excluding carboxylic acids is 1. The molecule has 0 aliphatic carbocycles. The van der Waals surface area contributed by atoms with Gasteiger partial charge < -0.3 is 5.32 Å². The number of amides is 1. The minimum Gasteiger partial charge on any atom is -0.351 e. The summed E-state index contributed by atoms with van der Waals surface area (Å²) in [4.78, 5) is 14.2. The van der Waals surface area contributed by atoms with Gasteiger partial charge in [-0.25, -0.2) is 8.42 Å². The first-order valence-electron chi connectivity index (χ1n) is 7.82. The highest BCUT2D eigenvalue weighted by atomic mass is 32.2. The SMILES string of the molecule is Cc1cc(C(=O)NCCS(=O)(=O)N2CCc3ccccc32)c(C)s1. The molecule has 0 saturated carbocycles. The van der Waals surface area contributed by atoms with Crippen LogP contribution in [-0.2, 0) is 16.4 Å². The summed E-state index contributed by atoms with van der Waals surface area (Å²) < 4.78 is 26.6. The number of benzene rings is 1. The predicted molar refractivity (Wildman–Crippen MR) is 97.4 cm³/mol. The van der Waals surface area contributed by atoms with Crippen molar-refractivity contribution in [2.45, 2.75) is 20.3 Å². The molecule has 0 saturated heterocycles. The molecule has 1 amide bonds. The number of rotatable bonds is 5. The van der Waals surface area contributed by atoms with Crippen LogP contribution in [0.25, 0.3) is 0 Å². The fraction of sp³-hybridized carbons (Fsp3) is 0.353. The fourth-order valence-corrected chi connectivity index (χ4v) is 5.30. The molecule has 0 radical (unpaired) electrons. The number of aryl methyl sites for hydroxylation is 2. The molecule has 0 spiro atoms. The quantitative estimate of drug-likeness (QED) is 0.886. The Morgan fingerprint density at radius 3 is 2.75 bits per heavy atom. The lowest BCUT2D eigenvalue weighted by Crippen LogP contribution is -2.37. The van der Waals surface area contributed by atoms with Gasteiger partial charge >= 0.3 is 0 Å². The highest BCUT2D eigenvalue weighted by Gasteiger charge is 2.28. The number of hydrogen-bond acceptors (Lipinski definition) is 4. The normalized spacial score (nSPS) is 13.8. The molecule has 128 valence electrons. The van der Waals surface area contributed by atoms with E-state index in [1.165, 1.54) is 4.31 Å². The van der Waals surface area contributed by atoms with Crippen LogP contribution >= 0.6 is 11.3 Å². The summed E-state index contributed by atoms with van der Waals surface area (Å²) in [7, 11) is -3.43. The molecule has 1 aliphatic rings. The highest BCUT2D eigenvalue weighted by molar-refractivity contribution is 7.92. The number of thiophene rings is 1. The van der Waals surface area contributed by atoms with E-state index in [-0.39, 0.29) is 18.2 Å². The maximum Gasteiger partial charge on any atom is 0.252 e. The molecule has 7 heteroatoms. The summed E-state index contributed by atoms with van der Waals surface area (Å²) in [5.41, 5.74) is 2.43. The third-order valence-electron chi connectivity index (χ3n) is 4.11.